The molecule has 0 fully saturated rings. The predicted molar refractivity (Wildman–Crippen MR) is 70.7 cm³/mol. The fourth-order valence-electron chi connectivity index (χ4n) is 1.33. The molecule has 17 heavy (non-hydrogen) atoms. The summed E-state index contributed by atoms with van der Waals surface area (Å²) in [6.07, 6.45) is 3.15. The number of hydrogen-bond donors (Lipinski definition) is 2. The van der Waals surface area contributed by atoms with E-state index in [-0.39, 0.29) is 5.91 Å². The third-order valence-electron chi connectivity index (χ3n) is 2.18. The van der Waals surface area contributed by atoms with Gasteiger partial charge in [-0.15, -0.1) is 0 Å². The van der Waals surface area contributed by atoms with Crippen molar-refractivity contribution in [3.8, 4) is 0 Å². The molecule has 1 heterocycles. The molecule has 0 bridgehead atoms. The van der Waals surface area contributed by atoms with Gasteiger partial charge in [-0.1, -0.05) is 0 Å². The topological polar surface area (TPSA) is 68.0 Å². The molecule has 0 radical (unpaired) electrons. The molecular weight excluding hydrogens is 282 g/mol. The van der Waals surface area contributed by atoms with Crippen molar-refractivity contribution in [2.75, 3.05) is 11.1 Å². The van der Waals surface area contributed by atoms with Crippen LogP contribution in [0, 0.1) is 0 Å². The van der Waals surface area contributed by atoms with Crippen molar-refractivity contribution in [2.45, 2.75) is 0 Å². The van der Waals surface area contributed by atoms with E-state index in [9.17, 15) is 4.79 Å². The molecular formula is C12H10BrN3O. The quantitative estimate of drug-likeness (QED) is 0.836. The number of rotatable bonds is 2. The van der Waals surface area contributed by atoms with Gasteiger partial charge in [-0.25, -0.2) is 0 Å². The molecule has 5 heteroatoms. The van der Waals surface area contributed by atoms with Gasteiger partial charge < -0.3 is 11.1 Å². The Morgan fingerprint density at radius 2 is 1.94 bits per heavy atom. The minimum atomic E-state index is -0.183. The number of nitrogens with two attached hydrogens (primary N) is 1. The molecule has 0 saturated heterocycles. The Hall–Kier alpha value is -1.88. The highest BCUT2D eigenvalue weighted by atomic mass is 79.9. The van der Waals surface area contributed by atoms with Gasteiger partial charge in [0, 0.05) is 28.1 Å². The van der Waals surface area contributed by atoms with Gasteiger partial charge in [0.05, 0.1) is 5.69 Å². The molecule has 0 unspecified atom stereocenters. The first-order chi connectivity index (χ1) is 8.16. The number of nitrogen functional groups attached to an aromatic ring is 1. The zero-order valence-corrected chi connectivity index (χ0v) is 10.4. The number of carbonyl (C=O) groups excluding carboxylic acids is 1. The van der Waals surface area contributed by atoms with Gasteiger partial charge in [0.25, 0.3) is 5.91 Å². The first-order valence-electron chi connectivity index (χ1n) is 4.93. The minimum absolute atomic E-state index is 0.183. The van der Waals surface area contributed by atoms with Crippen molar-refractivity contribution in [3.63, 3.8) is 0 Å². The van der Waals surface area contributed by atoms with Crippen molar-refractivity contribution in [1.29, 1.82) is 0 Å². The van der Waals surface area contributed by atoms with Crippen LogP contribution in [-0.2, 0) is 0 Å². The summed E-state index contributed by atoms with van der Waals surface area (Å²) >= 11 is 3.34. The molecule has 0 saturated carbocycles. The summed E-state index contributed by atoms with van der Waals surface area (Å²) < 4.78 is 0.750. The third kappa shape index (κ3) is 2.82. The molecule has 2 aromatic rings. The van der Waals surface area contributed by atoms with Crippen molar-refractivity contribution < 1.29 is 4.79 Å². The number of carbonyl (C=O) groups is 1. The van der Waals surface area contributed by atoms with Crippen LogP contribution in [0.2, 0.25) is 0 Å². The SMILES string of the molecule is Nc1ccc(NC(=O)c2ccncc2)c(Br)c1. The Kier molecular flexibility index (Phi) is 3.39. The smallest absolute Gasteiger partial charge is 0.255 e. The van der Waals surface area contributed by atoms with E-state index in [0.717, 1.165) is 4.47 Å². The number of pyridine rings is 1. The van der Waals surface area contributed by atoms with Crippen molar-refractivity contribution in [3.05, 3.63) is 52.8 Å². The lowest BCUT2D eigenvalue weighted by Gasteiger charge is -2.07. The second-order valence-electron chi connectivity index (χ2n) is 3.43. The molecule has 1 aromatic carbocycles. The number of benzene rings is 1. The Morgan fingerprint density at radius 3 is 2.59 bits per heavy atom. The molecule has 0 aliphatic rings. The second-order valence-corrected chi connectivity index (χ2v) is 4.28. The molecule has 86 valence electrons. The molecule has 4 nitrogen and oxygen atoms in total. The van der Waals surface area contributed by atoms with E-state index in [1.54, 1.807) is 42.7 Å². The number of hydrogen-bond acceptors (Lipinski definition) is 3. The molecule has 0 atom stereocenters. The summed E-state index contributed by atoms with van der Waals surface area (Å²) in [4.78, 5) is 15.7. The summed E-state index contributed by atoms with van der Waals surface area (Å²) in [5.74, 6) is -0.183. The predicted octanol–water partition coefficient (Wildman–Crippen LogP) is 2.68. The van der Waals surface area contributed by atoms with Crippen molar-refractivity contribution in [2.24, 2.45) is 0 Å². The van der Waals surface area contributed by atoms with Crippen LogP contribution in [0.1, 0.15) is 10.4 Å². The van der Waals surface area contributed by atoms with Gasteiger partial charge in [-0.05, 0) is 46.3 Å². The van der Waals surface area contributed by atoms with Gasteiger partial charge >= 0.3 is 0 Å². The molecule has 1 aromatic heterocycles. The summed E-state index contributed by atoms with van der Waals surface area (Å²) in [6, 6.07) is 8.52. The van der Waals surface area contributed by atoms with Crippen LogP contribution in [0.3, 0.4) is 0 Å². The maximum atomic E-state index is 11.9. The average Bonchev–Trinajstić information content (AvgIpc) is 2.34. The van der Waals surface area contributed by atoms with E-state index in [1.165, 1.54) is 0 Å². The van der Waals surface area contributed by atoms with Gasteiger partial charge in [0.1, 0.15) is 0 Å². The van der Waals surface area contributed by atoms with Gasteiger partial charge in [0.15, 0.2) is 0 Å². The van der Waals surface area contributed by atoms with E-state index in [1.807, 2.05) is 0 Å². The van der Waals surface area contributed by atoms with Crippen molar-refractivity contribution >= 4 is 33.2 Å². The Balaban J connectivity index is 2.19. The maximum Gasteiger partial charge on any atom is 0.255 e. The van der Waals surface area contributed by atoms with Gasteiger partial charge in [-0.3, -0.25) is 9.78 Å². The maximum absolute atomic E-state index is 11.9. The Bertz CT molecular complexity index is 543. The second kappa shape index (κ2) is 4.97. The van der Waals surface area contributed by atoms with E-state index < -0.39 is 0 Å². The number of nitrogens with zero attached hydrogens (tertiary/aromatic N) is 1. The number of anilines is 2. The standard InChI is InChI=1S/C12H10BrN3O/c13-10-7-9(14)1-2-11(10)16-12(17)8-3-5-15-6-4-8/h1-7H,14H2,(H,16,17). The van der Waals surface area contributed by atoms with Crippen LogP contribution in [-0.4, -0.2) is 10.9 Å². The zero-order chi connectivity index (χ0) is 12.3. The third-order valence-corrected chi connectivity index (χ3v) is 2.84. The van der Waals surface area contributed by atoms with Crippen LogP contribution in [0.15, 0.2) is 47.2 Å². The largest absolute Gasteiger partial charge is 0.399 e. The summed E-state index contributed by atoms with van der Waals surface area (Å²) in [5, 5.41) is 2.78. The molecule has 0 aliphatic carbocycles. The van der Waals surface area contributed by atoms with E-state index in [0.29, 0.717) is 16.9 Å². The van der Waals surface area contributed by atoms with Crippen LogP contribution in [0.25, 0.3) is 0 Å². The summed E-state index contributed by atoms with van der Waals surface area (Å²) in [5.41, 5.74) is 7.50. The first-order valence-corrected chi connectivity index (χ1v) is 5.72. The highest BCUT2D eigenvalue weighted by Crippen LogP contribution is 2.25. The van der Waals surface area contributed by atoms with Crippen LogP contribution in [0.5, 0.6) is 0 Å². The number of nitrogens with one attached hydrogen (secondary N) is 1. The van der Waals surface area contributed by atoms with Crippen molar-refractivity contribution in [1.82, 2.24) is 4.98 Å². The number of amides is 1. The number of aromatic nitrogens is 1. The lowest BCUT2D eigenvalue weighted by Crippen LogP contribution is -2.12. The normalized spacial score (nSPS) is 9.94. The fourth-order valence-corrected chi connectivity index (χ4v) is 1.83. The van der Waals surface area contributed by atoms with E-state index >= 15 is 0 Å². The summed E-state index contributed by atoms with van der Waals surface area (Å²) in [7, 11) is 0. The average molecular weight is 292 g/mol. The van der Waals surface area contributed by atoms with Gasteiger partial charge in [-0.2, -0.15) is 0 Å². The number of halogens is 1. The Morgan fingerprint density at radius 1 is 1.24 bits per heavy atom. The Labute approximate surface area is 107 Å². The van der Waals surface area contributed by atoms with Crippen LogP contribution < -0.4 is 11.1 Å². The van der Waals surface area contributed by atoms with Crippen LogP contribution >= 0.6 is 15.9 Å². The molecule has 0 aliphatic heterocycles. The highest BCUT2D eigenvalue weighted by Gasteiger charge is 2.07. The lowest BCUT2D eigenvalue weighted by molar-refractivity contribution is 0.102. The summed E-state index contributed by atoms with van der Waals surface area (Å²) in [6.45, 7) is 0. The molecule has 2 rings (SSSR count). The monoisotopic (exact) mass is 291 g/mol. The molecule has 0 spiro atoms. The van der Waals surface area contributed by atoms with E-state index in [2.05, 4.69) is 26.2 Å². The zero-order valence-electron chi connectivity index (χ0n) is 8.85. The highest BCUT2D eigenvalue weighted by molar-refractivity contribution is 9.10. The van der Waals surface area contributed by atoms with Crippen LogP contribution in [0.4, 0.5) is 11.4 Å². The molecule has 1 amide bonds. The van der Waals surface area contributed by atoms with E-state index in [4.69, 9.17) is 5.73 Å². The minimum Gasteiger partial charge on any atom is -0.399 e. The lowest BCUT2D eigenvalue weighted by atomic mass is 10.2. The first kappa shape index (κ1) is 11.6. The fraction of sp³-hybridized carbons (Fsp3) is 0. The van der Waals surface area contributed by atoms with Gasteiger partial charge in [0.2, 0.25) is 0 Å². The molecule has 3 N–H and O–H groups in total.